The highest BCUT2D eigenvalue weighted by atomic mass is 32.2. The third-order valence-electron chi connectivity index (χ3n) is 4.22. The summed E-state index contributed by atoms with van der Waals surface area (Å²) in [6.45, 7) is 0.0697. The first kappa shape index (κ1) is 20.6. The number of nitrogens with zero attached hydrogens (tertiary/aromatic N) is 1. The second kappa shape index (κ2) is 9.27. The Hall–Kier alpha value is -1.74. The first-order valence-electron chi connectivity index (χ1n) is 8.30. The average molecular weight is 389 g/mol. The smallest absolute Gasteiger partial charge is 0.348 e. The number of para-hydroxylation sites is 1. The predicted molar refractivity (Wildman–Crippen MR) is 95.1 cm³/mol. The predicted octanol–water partition coefficient (Wildman–Crippen LogP) is 2.74. The van der Waals surface area contributed by atoms with E-state index in [2.05, 4.69) is 10.6 Å². The van der Waals surface area contributed by atoms with E-state index in [1.165, 1.54) is 16.7 Å². The number of carbonyl (C=O) groups is 2. The number of hydrogen-bond donors (Lipinski definition) is 2. The summed E-state index contributed by atoms with van der Waals surface area (Å²) in [4.78, 5) is 26.2. The molecule has 2 amide bonds. The highest BCUT2D eigenvalue weighted by molar-refractivity contribution is 7.98. The quantitative estimate of drug-likeness (QED) is 0.601. The number of carbonyl (C=O) groups excluding carboxylic acids is 2. The van der Waals surface area contributed by atoms with Crippen LogP contribution in [0.2, 0.25) is 0 Å². The van der Waals surface area contributed by atoms with Crippen molar-refractivity contribution >= 4 is 29.3 Å². The van der Waals surface area contributed by atoms with Crippen molar-refractivity contribution in [3.8, 4) is 0 Å². The lowest BCUT2D eigenvalue weighted by Crippen LogP contribution is -2.44. The van der Waals surface area contributed by atoms with Crippen LogP contribution in [0.4, 0.5) is 18.9 Å². The largest absolute Gasteiger partial charge is 0.401 e. The third kappa shape index (κ3) is 6.53. The van der Waals surface area contributed by atoms with E-state index in [9.17, 15) is 22.8 Å². The van der Waals surface area contributed by atoms with Gasteiger partial charge in [0.05, 0.1) is 12.2 Å². The molecule has 2 rings (SSSR count). The molecule has 1 aliphatic heterocycles. The summed E-state index contributed by atoms with van der Waals surface area (Å²) in [7, 11) is 0. The summed E-state index contributed by atoms with van der Waals surface area (Å²) in [5.41, 5.74) is 0.570. The lowest BCUT2D eigenvalue weighted by molar-refractivity contribution is -0.148. The lowest BCUT2D eigenvalue weighted by atomic mass is 9.97. The molecule has 0 radical (unpaired) electrons. The number of alkyl halides is 3. The van der Waals surface area contributed by atoms with Crippen LogP contribution in [0.15, 0.2) is 29.2 Å². The topological polar surface area (TPSA) is 61.4 Å². The van der Waals surface area contributed by atoms with E-state index in [1.54, 1.807) is 12.1 Å². The van der Waals surface area contributed by atoms with Crippen molar-refractivity contribution in [3.63, 3.8) is 0 Å². The summed E-state index contributed by atoms with van der Waals surface area (Å²) in [5, 5.41) is 5.15. The zero-order valence-electron chi connectivity index (χ0n) is 14.4. The van der Waals surface area contributed by atoms with E-state index >= 15 is 0 Å². The van der Waals surface area contributed by atoms with Gasteiger partial charge in [-0.1, -0.05) is 12.1 Å². The van der Waals surface area contributed by atoms with Gasteiger partial charge in [-0.2, -0.15) is 13.2 Å². The van der Waals surface area contributed by atoms with Crippen LogP contribution < -0.4 is 10.6 Å². The fraction of sp³-hybridized carbons (Fsp3) is 0.529. The van der Waals surface area contributed by atoms with E-state index in [-0.39, 0.29) is 12.5 Å². The zero-order valence-corrected chi connectivity index (χ0v) is 15.3. The number of hydrogen-bond acceptors (Lipinski definition) is 4. The standard InChI is InChI=1S/C17H22F3N3O2S/c1-26-14-5-3-2-4-13(14)22-16(25)15(24)21-10-12-6-8-23(9-7-12)11-17(18,19)20/h2-5,12H,6-11H2,1H3,(H,21,24)(H,22,25). The Morgan fingerprint density at radius 1 is 1.19 bits per heavy atom. The maximum atomic E-state index is 12.4. The van der Waals surface area contributed by atoms with Crippen LogP contribution in [0, 0.1) is 5.92 Å². The van der Waals surface area contributed by atoms with Gasteiger partial charge in [-0.3, -0.25) is 14.5 Å². The molecule has 1 aromatic carbocycles. The number of benzene rings is 1. The van der Waals surface area contributed by atoms with E-state index in [0.29, 0.717) is 31.6 Å². The van der Waals surface area contributed by atoms with Crippen molar-refractivity contribution in [1.82, 2.24) is 10.2 Å². The molecule has 0 saturated carbocycles. The average Bonchev–Trinajstić information content (AvgIpc) is 2.60. The van der Waals surface area contributed by atoms with Crippen LogP contribution in [0.3, 0.4) is 0 Å². The van der Waals surface area contributed by atoms with Crippen LogP contribution in [-0.4, -0.2) is 55.3 Å². The summed E-state index contributed by atoms with van der Waals surface area (Å²) in [6, 6.07) is 7.16. The Kier molecular flexibility index (Phi) is 7.33. The molecule has 1 fully saturated rings. The Morgan fingerprint density at radius 2 is 1.85 bits per heavy atom. The van der Waals surface area contributed by atoms with Crippen LogP contribution in [-0.2, 0) is 9.59 Å². The van der Waals surface area contributed by atoms with Crippen molar-refractivity contribution in [2.45, 2.75) is 23.9 Å². The molecule has 1 saturated heterocycles. The normalized spacial score (nSPS) is 16.3. The third-order valence-corrected chi connectivity index (χ3v) is 5.02. The molecule has 0 spiro atoms. The number of halogens is 3. The van der Waals surface area contributed by atoms with E-state index < -0.39 is 24.5 Å². The molecule has 0 aliphatic carbocycles. The Labute approximate surface area is 154 Å². The summed E-state index contributed by atoms with van der Waals surface area (Å²) < 4.78 is 37.1. The number of anilines is 1. The zero-order chi connectivity index (χ0) is 19.2. The van der Waals surface area contributed by atoms with E-state index in [4.69, 9.17) is 0 Å². The van der Waals surface area contributed by atoms with Gasteiger partial charge in [0.2, 0.25) is 0 Å². The second-order valence-electron chi connectivity index (χ2n) is 6.20. The highest BCUT2D eigenvalue weighted by Crippen LogP contribution is 2.24. The number of piperidine rings is 1. The monoisotopic (exact) mass is 389 g/mol. The van der Waals surface area contributed by atoms with Crippen molar-refractivity contribution in [3.05, 3.63) is 24.3 Å². The maximum Gasteiger partial charge on any atom is 0.401 e. The molecular formula is C17H22F3N3O2S. The molecule has 26 heavy (non-hydrogen) atoms. The molecule has 0 unspecified atom stereocenters. The van der Waals surface area contributed by atoms with Crippen LogP contribution in [0.5, 0.6) is 0 Å². The molecule has 1 heterocycles. The molecule has 144 valence electrons. The molecule has 1 aliphatic rings. The molecule has 0 bridgehead atoms. The Balaban J connectivity index is 1.74. The fourth-order valence-corrected chi connectivity index (χ4v) is 3.40. The number of amides is 2. The molecule has 0 atom stereocenters. The lowest BCUT2D eigenvalue weighted by Gasteiger charge is -2.32. The van der Waals surface area contributed by atoms with Gasteiger partial charge in [-0.05, 0) is 50.2 Å². The van der Waals surface area contributed by atoms with Crippen LogP contribution >= 0.6 is 11.8 Å². The van der Waals surface area contributed by atoms with Crippen molar-refractivity contribution in [1.29, 1.82) is 0 Å². The van der Waals surface area contributed by atoms with Crippen molar-refractivity contribution in [2.75, 3.05) is 37.8 Å². The minimum atomic E-state index is -4.19. The minimum Gasteiger partial charge on any atom is -0.348 e. The van der Waals surface area contributed by atoms with Gasteiger partial charge in [0.25, 0.3) is 0 Å². The Morgan fingerprint density at radius 3 is 2.46 bits per heavy atom. The van der Waals surface area contributed by atoms with Gasteiger partial charge < -0.3 is 10.6 Å². The molecule has 0 aromatic heterocycles. The first-order chi connectivity index (χ1) is 12.3. The van der Waals surface area contributed by atoms with Gasteiger partial charge in [0.1, 0.15) is 0 Å². The van der Waals surface area contributed by atoms with Crippen LogP contribution in [0.1, 0.15) is 12.8 Å². The van der Waals surface area contributed by atoms with Crippen molar-refractivity contribution < 1.29 is 22.8 Å². The van der Waals surface area contributed by atoms with Crippen LogP contribution in [0.25, 0.3) is 0 Å². The number of thioether (sulfide) groups is 1. The van der Waals surface area contributed by atoms with Gasteiger partial charge in [0.15, 0.2) is 0 Å². The summed E-state index contributed by atoms with van der Waals surface area (Å²) in [5.74, 6) is -1.41. The number of rotatable bonds is 5. The van der Waals surface area contributed by atoms with Crippen molar-refractivity contribution in [2.24, 2.45) is 5.92 Å². The van der Waals surface area contributed by atoms with Gasteiger partial charge >= 0.3 is 18.0 Å². The molecule has 1 aromatic rings. The first-order valence-corrected chi connectivity index (χ1v) is 9.52. The van der Waals surface area contributed by atoms with E-state index in [0.717, 1.165) is 4.90 Å². The summed E-state index contributed by atoms with van der Waals surface area (Å²) in [6.07, 6.45) is -1.19. The molecule has 5 nitrogen and oxygen atoms in total. The fourth-order valence-electron chi connectivity index (χ4n) is 2.85. The second-order valence-corrected chi connectivity index (χ2v) is 7.05. The van der Waals surface area contributed by atoms with E-state index in [1.807, 2.05) is 18.4 Å². The SMILES string of the molecule is CSc1ccccc1NC(=O)C(=O)NCC1CCN(CC(F)(F)F)CC1. The molecular weight excluding hydrogens is 367 g/mol. The number of likely N-dealkylation sites (tertiary alicyclic amines) is 1. The van der Waals surface area contributed by atoms with Gasteiger partial charge in [-0.15, -0.1) is 11.8 Å². The molecule has 9 heteroatoms. The summed E-state index contributed by atoms with van der Waals surface area (Å²) >= 11 is 1.46. The number of nitrogens with one attached hydrogen (secondary N) is 2. The maximum absolute atomic E-state index is 12.4. The Bertz CT molecular complexity index is 632. The molecule has 2 N–H and O–H groups in total. The minimum absolute atomic E-state index is 0.0784. The van der Waals surface area contributed by atoms with Gasteiger partial charge in [-0.25, -0.2) is 0 Å². The van der Waals surface area contributed by atoms with Gasteiger partial charge in [0, 0.05) is 11.4 Å². The highest BCUT2D eigenvalue weighted by Gasteiger charge is 2.32.